The van der Waals surface area contributed by atoms with Gasteiger partial charge in [0.1, 0.15) is 5.75 Å². The van der Waals surface area contributed by atoms with Crippen LogP contribution in [-0.2, 0) is 0 Å². The fourth-order valence-electron chi connectivity index (χ4n) is 2.59. The molecule has 0 saturated carbocycles. The predicted octanol–water partition coefficient (Wildman–Crippen LogP) is 4.11. The van der Waals surface area contributed by atoms with Gasteiger partial charge in [0.15, 0.2) is 0 Å². The number of carbonyl (C=O) groups excluding carboxylic acids is 1. The average molecular weight is 306 g/mol. The molecule has 0 unspecified atom stereocenters. The molecule has 1 heterocycles. The van der Waals surface area contributed by atoms with Gasteiger partial charge < -0.3 is 10.1 Å². The standard InChI is InChI=1S/C19H18N2O2/c1-12-7-8-14(11-17(12)23-3)19(22)21-16-9-10-20-18-13(2)5-4-6-15(16)18/h4-11H,1-3H3,(H,20,21,22). The van der Waals surface area contributed by atoms with E-state index in [9.17, 15) is 4.79 Å². The number of nitrogens with one attached hydrogen (secondary N) is 1. The first kappa shape index (κ1) is 15.0. The van der Waals surface area contributed by atoms with Gasteiger partial charge in [-0.15, -0.1) is 0 Å². The Kier molecular flexibility index (Phi) is 3.98. The molecular formula is C19H18N2O2. The maximum Gasteiger partial charge on any atom is 0.255 e. The van der Waals surface area contributed by atoms with Crippen LogP contribution in [0, 0.1) is 13.8 Å². The van der Waals surface area contributed by atoms with Gasteiger partial charge in [0.25, 0.3) is 5.91 Å². The fourth-order valence-corrected chi connectivity index (χ4v) is 2.59. The van der Waals surface area contributed by atoms with E-state index in [0.29, 0.717) is 11.3 Å². The van der Waals surface area contributed by atoms with Gasteiger partial charge >= 0.3 is 0 Å². The van der Waals surface area contributed by atoms with Gasteiger partial charge in [-0.05, 0) is 43.2 Å². The first-order valence-corrected chi connectivity index (χ1v) is 7.40. The van der Waals surface area contributed by atoms with Crippen molar-refractivity contribution in [3.05, 3.63) is 65.4 Å². The summed E-state index contributed by atoms with van der Waals surface area (Å²) >= 11 is 0. The fraction of sp³-hybridized carbons (Fsp3) is 0.158. The van der Waals surface area contributed by atoms with Crippen LogP contribution in [0.1, 0.15) is 21.5 Å². The zero-order chi connectivity index (χ0) is 16.4. The van der Waals surface area contributed by atoms with Crippen LogP contribution < -0.4 is 10.1 Å². The Morgan fingerprint density at radius 1 is 1.09 bits per heavy atom. The average Bonchev–Trinajstić information content (AvgIpc) is 2.56. The molecule has 0 radical (unpaired) electrons. The van der Waals surface area contributed by atoms with Crippen LogP contribution in [0.25, 0.3) is 10.9 Å². The number of aromatic nitrogens is 1. The second kappa shape index (κ2) is 6.08. The molecule has 3 aromatic rings. The van der Waals surface area contributed by atoms with Crippen molar-refractivity contribution >= 4 is 22.5 Å². The molecule has 4 heteroatoms. The number of para-hydroxylation sites is 1. The summed E-state index contributed by atoms with van der Waals surface area (Å²) in [5.41, 5.74) is 4.28. The van der Waals surface area contributed by atoms with Crippen molar-refractivity contribution in [2.45, 2.75) is 13.8 Å². The number of hydrogen-bond donors (Lipinski definition) is 1. The largest absolute Gasteiger partial charge is 0.496 e. The Bertz CT molecular complexity index is 888. The minimum Gasteiger partial charge on any atom is -0.496 e. The number of carbonyl (C=O) groups is 1. The highest BCUT2D eigenvalue weighted by Gasteiger charge is 2.11. The lowest BCUT2D eigenvalue weighted by molar-refractivity contribution is 0.102. The van der Waals surface area contributed by atoms with Crippen LogP contribution in [0.15, 0.2) is 48.7 Å². The first-order valence-electron chi connectivity index (χ1n) is 7.40. The van der Waals surface area contributed by atoms with Crippen molar-refractivity contribution in [2.75, 3.05) is 12.4 Å². The molecule has 0 spiro atoms. The normalized spacial score (nSPS) is 10.6. The monoisotopic (exact) mass is 306 g/mol. The number of fused-ring (bicyclic) bond motifs is 1. The van der Waals surface area contributed by atoms with Crippen molar-refractivity contribution in [3.63, 3.8) is 0 Å². The quantitative estimate of drug-likeness (QED) is 0.792. The Labute approximate surface area is 135 Å². The van der Waals surface area contributed by atoms with E-state index >= 15 is 0 Å². The van der Waals surface area contributed by atoms with Crippen LogP contribution in [0.5, 0.6) is 5.75 Å². The molecule has 0 bridgehead atoms. The molecule has 2 aromatic carbocycles. The van der Waals surface area contributed by atoms with Crippen LogP contribution in [0.4, 0.5) is 5.69 Å². The van der Waals surface area contributed by atoms with Crippen molar-refractivity contribution in [1.82, 2.24) is 4.98 Å². The van der Waals surface area contributed by atoms with Gasteiger partial charge in [-0.1, -0.05) is 24.3 Å². The summed E-state index contributed by atoms with van der Waals surface area (Å²) in [7, 11) is 1.60. The van der Waals surface area contributed by atoms with Gasteiger partial charge in [0.05, 0.1) is 18.3 Å². The zero-order valence-corrected chi connectivity index (χ0v) is 13.4. The molecule has 1 amide bonds. The van der Waals surface area contributed by atoms with E-state index in [-0.39, 0.29) is 5.91 Å². The van der Waals surface area contributed by atoms with Gasteiger partial charge in [-0.2, -0.15) is 0 Å². The number of methoxy groups -OCH3 is 1. The molecule has 0 aliphatic rings. The number of hydrogen-bond acceptors (Lipinski definition) is 3. The maximum absolute atomic E-state index is 12.5. The highest BCUT2D eigenvalue weighted by molar-refractivity contribution is 6.09. The molecule has 0 saturated heterocycles. The van der Waals surface area contributed by atoms with Gasteiger partial charge in [-0.3, -0.25) is 9.78 Å². The van der Waals surface area contributed by atoms with E-state index in [1.165, 1.54) is 0 Å². The van der Waals surface area contributed by atoms with Crippen molar-refractivity contribution in [2.24, 2.45) is 0 Å². The maximum atomic E-state index is 12.5. The topological polar surface area (TPSA) is 51.2 Å². The number of amides is 1. The highest BCUT2D eigenvalue weighted by Crippen LogP contribution is 2.25. The van der Waals surface area contributed by atoms with E-state index in [1.54, 1.807) is 25.4 Å². The molecule has 1 N–H and O–H groups in total. The molecule has 4 nitrogen and oxygen atoms in total. The first-order chi connectivity index (χ1) is 11.1. The van der Waals surface area contributed by atoms with Crippen LogP contribution in [-0.4, -0.2) is 18.0 Å². The number of aryl methyl sites for hydroxylation is 2. The van der Waals surface area contributed by atoms with E-state index in [1.807, 2.05) is 44.2 Å². The lowest BCUT2D eigenvalue weighted by Crippen LogP contribution is -2.12. The summed E-state index contributed by atoms with van der Waals surface area (Å²) in [4.78, 5) is 16.9. The van der Waals surface area contributed by atoms with E-state index in [0.717, 1.165) is 27.7 Å². The number of anilines is 1. The number of ether oxygens (including phenoxy) is 1. The summed E-state index contributed by atoms with van der Waals surface area (Å²) < 4.78 is 5.28. The second-order valence-corrected chi connectivity index (χ2v) is 5.47. The third kappa shape index (κ3) is 2.88. The lowest BCUT2D eigenvalue weighted by atomic mass is 10.1. The minimum atomic E-state index is -0.169. The summed E-state index contributed by atoms with van der Waals surface area (Å²) in [5, 5.41) is 3.90. The summed E-state index contributed by atoms with van der Waals surface area (Å²) in [6.45, 7) is 3.95. The third-order valence-electron chi connectivity index (χ3n) is 3.89. The third-order valence-corrected chi connectivity index (χ3v) is 3.89. The molecule has 0 aliphatic carbocycles. The Balaban J connectivity index is 1.96. The van der Waals surface area contributed by atoms with Crippen molar-refractivity contribution in [1.29, 1.82) is 0 Å². The molecule has 116 valence electrons. The Hall–Kier alpha value is -2.88. The number of nitrogens with zero attached hydrogens (tertiary/aromatic N) is 1. The molecule has 3 rings (SSSR count). The van der Waals surface area contributed by atoms with Gasteiger partial charge in [0.2, 0.25) is 0 Å². The predicted molar refractivity (Wildman–Crippen MR) is 92.2 cm³/mol. The molecule has 23 heavy (non-hydrogen) atoms. The minimum absolute atomic E-state index is 0.169. The van der Waals surface area contributed by atoms with Gasteiger partial charge in [0, 0.05) is 17.1 Å². The molecule has 1 aromatic heterocycles. The van der Waals surface area contributed by atoms with Crippen molar-refractivity contribution < 1.29 is 9.53 Å². The van der Waals surface area contributed by atoms with E-state index < -0.39 is 0 Å². The summed E-state index contributed by atoms with van der Waals surface area (Å²) in [6, 6.07) is 13.2. The molecule has 0 aliphatic heterocycles. The zero-order valence-electron chi connectivity index (χ0n) is 13.4. The Morgan fingerprint density at radius 3 is 2.70 bits per heavy atom. The van der Waals surface area contributed by atoms with E-state index in [4.69, 9.17) is 4.74 Å². The lowest BCUT2D eigenvalue weighted by Gasteiger charge is -2.11. The highest BCUT2D eigenvalue weighted by atomic mass is 16.5. The van der Waals surface area contributed by atoms with Crippen LogP contribution in [0.2, 0.25) is 0 Å². The van der Waals surface area contributed by atoms with Crippen LogP contribution in [0.3, 0.4) is 0 Å². The van der Waals surface area contributed by atoms with E-state index in [2.05, 4.69) is 10.3 Å². The van der Waals surface area contributed by atoms with Crippen LogP contribution >= 0.6 is 0 Å². The van der Waals surface area contributed by atoms with Gasteiger partial charge in [-0.25, -0.2) is 0 Å². The summed E-state index contributed by atoms with van der Waals surface area (Å²) in [5.74, 6) is 0.533. The second-order valence-electron chi connectivity index (χ2n) is 5.47. The molecule has 0 atom stereocenters. The number of benzene rings is 2. The molecule has 0 fully saturated rings. The summed E-state index contributed by atoms with van der Waals surface area (Å²) in [6.07, 6.45) is 1.71. The number of rotatable bonds is 3. The van der Waals surface area contributed by atoms with Crippen molar-refractivity contribution in [3.8, 4) is 5.75 Å². The smallest absolute Gasteiger partial charge is 0.255 e. The number of pyridine rings is 1. The Morgan fingerprint density at radius 2 is 1.91 bits per heavy atom. The molecular weight excluding hydrogens is 288 g/mol. The SMILES string of the molecule is COc1cc(C(=O)Nc2ccnc3c(C)cccc23)ccc1C.